The Hall–Kier alpha value is -0.540. The normalized spacial score (nSPS) is 15.5. The van der Waals surface area contributed by atoms with Crippen molar-refractivity contribution in [3.63, 3.8) is 0 Å². The van der Waals surface area contributed by atoms with Gasteiger partial charge in [-0.3, -0.25) is 0 Å². The summed E-state index contributed by atoms with van der Waals surface area (Å²) < 4.78 is 6.93. The molecule has 0 fully saturated rings. The van der Waals surface area contributed by atoms with Gasteiger partial charge < -0.3 is 10.1 Å². The summed E-state index contributed by atoms with van der Waals surface area (Å²) >= 11 is 3.59. The first-order valence-electron chi connectivity index (χ1n) is 6.29. The molecule has 1 atom stereocenters. The van der Waals surface area contributed by atoms with Gasteiger partial charge in [-0.2, -0.15) is 0 Å². The fourth-order valence-corrected chi connectivity index (χ4v) is 2.92. The second kappa shape index (κ2) is 5.87. The Kier molecular flexibility index (Phi) is 4.46. The lowest BCUT2D eigenvalue weighted by molar-refractivity contribution is 0.350. The molecule has 94 valence electrons. The van der Waals surface area contributed by atoms with E-state index in [0.29, 0.717) is 5.92 Å². The lowest BCUT2D eigenvalue weighted by Crippen LogP contribution is -2.13. The van der Waals surface area contributed by atoms with E-state index >= 15 is 0 Å². The average molecular weight is 298 g/mol. The zero-order chi connectivity index (χ0) is 12.3. The minimum absolute atomic E-state index is 0.685. The van der Waals surface area contributed by atoms with E-state index in [1.54, 1.807) is 0 Å². The number of benzene rings is 1. The van der Waals surface area contributed by atoms with Crippen molar-refractivity contribution in [1.29, 1.82) is 0 Å². The molecule has 1 heterocycles. The molecule has 0 saturated carbocycles. The Balaban J connectivity index is 2.10. The van der Waals surface area contributed by atoms with Crippen molar-refractivity contribution in [2.75, 3.05) is 20.2 Å². The molecule has 1 aromatic carbocycles. The van der Waals surface area contributed by atoms with Crippen molar-refractivity contribution in [3.8, 4) is 5.75 Å². The lowest BCUT2D eigenvalue weighted by atomic mass is 9.96. The molecule has 1 aromatic rings. The minimum Gasteiger partial charge on any atom is -0.493 e. The molecule has 2 nitrogen and oxygen atoms in total. The number of ether oxygens (including phenoxy) is 1. The van der Waals surface area contributed by atoms with Crippen molar-refractivity contribution in [2.45, 2.75) is 26.2 Å². The summed E-state index contributed by atoms with van der Waals surface area (Å²) in [4.78, 5) is 0. The van der Waals surface area contributed by atoms with E-state index in [9.17, 15) is 0 Å². The maximum atomic E-state index is 5.75. The Labute approximate surface area is 112 Å². The third kappa shape index (κ3) is 3.23. The van der Waals surface area contributed by atoms with Gasteiger partial charge in [-0.15, -0.1) is 0 Å². The van der Waals surface area contributed by atoms with Gasteiger partial charge in [0, 0.05) is 10.9 Å². The van der Waals surface area contributed by atoms with Gasteiger partial charge in [0.25, 0.3) is 0 Å². The quantitative estimate of drug-likeness (QED) is 0.901. The molecule has 0 aromatic heterocycles. The van der Waals surface area contributed by atoms with Gasteiger partial charge in [-0.1, -0.05) is 22.9 Å². The topological polar surface area (TPSA) is 21.3 Å². The van der Waals surface area contributed by atoms with Crippen LogP contribution in [0, 0.1) is 5.92 Å². The van der Waals surface area contributed by atoms with E-state index in [4.69, 9.17) is 4.74 Å². The summed E-state index contributed by atoms with van der Waals surface area (Å²) in [5.74, 6) is 1.83. The molecule has 17 heavy (non-hydrogen) atoms. The van der Waals surface area contributed by atoms with Crippen LogP contribution in [0.1, 0.15) is 24.5 Å². The van der Waals surface area contributed by atoms with E-state index in [0.717, 1.165) is 31.7 Å². The zero-order valence-corrected chi connectivity index (χ0v) is 12.1. The predicted molar refractivity (Wildman–Crippen MR) is 74.8 cm³/mol. The molecular formula is C14H20BrNO. The van der Waals surface area contributed by atoms with Crippen LogP contribution in [-0.2, 0) is 12.8 Å². The summed E-state index contributed by atoms with van der Waals surface area (Å²) in [5.41, 5.74) is 2.71. The molecule has 2 rings (SSSR count). The maximum Gasteiger partial charge on any atom is 0.125 e. The average Bonchev–Trinajstić information content (AvgIpc) is 2.74. The molecule has 1 aliphatic rings. The van der Waals surface area contributed by atoms with Gasteiger partial charge >= 0.3 is 0 Å². The van der Waals surface area contributed by atoms with E-state index < -0.39 is 0 Å². The number of halogens is 1. The predicted octanol–water partition coefficient (Wildman–Crippen LogP) is 3.17. The number of hydrogen-bond donors (Lipinski definition) is 1. The Bertz CT molecular complexity index is 392. The Morgan fingerprint density at radius 2 is 2.29 bits per heavy atom. The smallest absolute Gasteiger partial charge is 0.125 e. The van der Waals surface area contributed by atoms with Crippen molar-refractivity contribution in [2.24, 2.45) is 5.92 Å². The van der Waals surface area contributed by atoms with E-state index in [2.05, 4.69) is 40.3 Å². The third-order valence-electron chi connectivity index (χ3n) is 3.28. The molecule has 0 bridgehead atoms. The molecule has 1 aliphatic heterocycles. The van der Waals surface area contributed by atoms with Crippen molar-refractivity contribution in [3.05, 3.63) is 27.7 Å². The second-order valence-corrected chi connectivity index (χ2v) is 5.77. The first-order valence-corrected chi connectivity index (χ1v) is 7.08. The molecule has 0 radical (unpaired) electrons. The van der Waals surface area contributed by atoms with Crippen LogP contribution in [0.15, 0.2) is 16.6 Å². The molecule has 3 heteroatoms. The number of nitrogens with one attached hydrogen (secondary N) is 1. The van der Waals surface area contributed by atoms with Gasteiger partial charge in [-0.25, -0.2) is 0 Å². The van der Waals surface area contributed by atoms with Gasteiger partial charge in [0.2, 0.25) is 0 Å². The summed E-state index contributed by atoms with van der Waals surface area (Å²) in [6.45, 7) is 4.22. The Morgan fingerprint density at radius 1 is 1.47 bits per heavy atom. The standard InChI is InChI=1S/C14H20BrNO/c1-10(3-5-16-2)7-12-9-13(15)8-11-4-6-17-14(11)12/h8-10,16H,3-7H2,1-2H3. The van der Waals surface area contributed by atoms with Gasteiger partial charge in [0.1, 0.15) is 5.75 Å². The van der Waals surface area contributed by atoms with Crippen LogP contribution in [0.25, 0.3) is 0 Å². The maximum absolute atomic E-state index is 5.75. The van der Waals surface area contributed by atoms with Gasteiger partial charge in [0.15, 0.2) is 0 Å². The van der Waals surface area contributed by atoms with Crippen LogP contribution in [-0.4, -0.2) is 20.2 Å². The van der Waals surface area contributed by atoms with E-state index in [-0.39, 0.29) is 0 Å². The fourth-order valence-electron chi connectivity index (χ4n) is 2.37. The molecule has 1 N–H and O–H groups in total. The monoisotopic (exact) mass is 297 g/mol. The highest BCUT2D eigenvalue weighted by molar-refractivity contribution is 9.10. The number of hydrogen-bond acceptors (Lipinski definition) is 2. The molecular weight excluding hydrogens is 278 g/mol. The Morgan fingerprint density at radius 3 is 3.06 bits per heavy atom. The highest BCUT2D eigenvalue weighted by atomic mass is 79.9. The third-order valence-corrected chi connectivity index (χ3v) is 3.74. The van der Waals surface area contributed by atoms with Crippen LogP contribution in [0.5, 0.6) is 5.75 Å². The number of fused-ring (bicyclic) bond motifs is 1. The highest BCUT2D eigenvalue weighted by Crippen LogP contribution is 2.34. The minimum atomic E-state index is 0.685. The fraction of sp³-hybridized carbons (Fsp3) is 0.571. The SMILES string of the molecule is CNCCC(C)Cc1cc(Br)cc2c1OCC2. The first-order chi connectivity index (χ1) is 8.20. The largest absolute Gasteiger partial charge is 0.493 e. The zero-order valence-electron chi connectivity index (χ0n) is 10.6. The summed E-state index contributed by atoms with van der Waals surface area (Å²) in [7, 11) is 2.01. The lowest BCUT2D eigenvalue weighted by Gasteiger charge is -2.14. The molecule has 0 aliphatic carbocycles. The van der Waals surface area contributed by atoms with Crippen LogP contribution >= 0.6 is 15.9 Å². The molecule has 0 spiro atoms. The number of rotatable bonds is 5. The van der Waals surface area contributed by atoms with E-state index in [1.165, 1.54) is 22.0 Å². The van der Waals surface area contributed by atoms with Crippen molar-refractivity contribution >= 4 is 15.9 Å². The van der Waals surface area contributed by atoms with Crippen LogP contribution < -0.4 is 10.1 Å². The van der Waals surface area contributed by atoms with E-state index in [1.807, 2.05) is 7.05 Å². The van der Waals surface area contributed by atoms with Crippen molar-refractivity contribution in [1.82, 2.24) is 5.32 Å². The summed E-state index contributed by atoms with van der Waals surface area (Å²) in [6, 6.07) is 4.39. The van der Waals surface area contributed by atoms with Gasteiger partial charge in [0.05, 0.1) is 6.61 Å². The highest BCUT2D eigenvalue weighted by Gasteiger charge is 2.18. The first kappa shape index (κ1) is 12.9. The summed E-state index contributed by atoms with van der Waals surface area (Å²) in [5, 5.41) is 3.21. The molecule has 1 unspecified atom stereocenters. The van der Waals surface area contributed by atoms with Crippen LogP contribution in [0.3, 0.4) is 0 Å². The van der Waals surface area contributed by atoms with Crippen molar-refractivity contribution < 1.29 is 4.74 Å². The van der Waals surface area contributed by atoms with Crippen LogP contribution in [0.4, 0.5) is 0 Å². The molecule has 0 saturated heterocycles. The second-order valence-electron chi connectivity index (χ2n) is 4.85. The molecule has 0 amide bonds. The van der Waals surface area contributed by atoms with Crippen LogP contribution in [0.2, 0.25) is 0 Å². The summed E-state index contributed by atoms with van der Waals surface area (Å²) in [6.07, 6.45) is 3.36. The van der Waals surface area contributed by atoms with Gasteiger partial charge in [-0.05, 0) is 55.6 Å².